The van der Waals surface area contributed by atoms with Crippen LogP contribution in [-0.4, -0.2) is 14.7 Å². The van der Waals surface area contributed by atoms with Crippen molar-refractivity contribution in [1.82, 2.24) is 0 Å². The van der Waals surface area contributed by atoms with E-state index in [1.54, 1.807) is 0 Å². The SMILES string of the molecule is CCC(OOS(C)(=O)=O)c1ccc(-c2ccccc2)cc1-c1ccccc1. The first kappa shape index (κ1) is 19.3. The van der Waals surface area contributed by atoms with Gasteiger partial charge in [-0.25, -0.2) is 4.89 Å². The minimum absolute atomic E-state index is 0.500. The van der Waals surface area contributed by atoms with Gasteiger partial charge in [-0.15, -0.1) is 4.33 Å². The van der Waals surface area contributed by atoms with Crippen LogP contribution in [0.25, 0.3) is 22.3 Å². The summed E-state index contributed by atoms with van der Waals surface area (Å²) < 4.78 is 27.3. The van der Waals surface area contributed by atoms with Crippen molar-refractivity contribution in [3.05, 3.63) is 84.4 Å². The van der Waals surface area contributed by atoms with Gasteiger partial charge in [0.25, 0.3) is 10.1 Å². The number of rotatable bonds is 7. The van der Waals surface area contributed by atoms with E-state index < -0.39 is 16.2 Å². The maximum atomic E-state index is 11.3. The van der Waals surface area contributed by atoms with E-state index in [0.717, 1.165) is 34.1 Å². The van der Waals surface area contributed by atoms with Crippen LogP contribution in [0.2, 0.25) is 0 Å². The highest BCUT2D eigenvalue weighted by Crippen LogP contribution is 2.35. The van der Waals surface area contributed by atoms with Crippen molar-refractivity contribution in [2.45, 2.75) is 19.4 Å². The van der Waals surface area contributed by atoms with Crippen molar-refractivity contribution in [3.63, 3.8) is 0 Å². The fourth-order valence-electron chi connectivity index (χ4n) is 2.97. The Morgan fingerprint density at radius 3 is 1.96 bits per heavy atom. The van der Waals surface area contributed by atoms with Gasteiger partial charge in [-0.3, -0.25) is 0 Å². The van der Waals surface area contributed by atoms with Gasteiger partial charge in [-0.05, 0) is 40.3 Å². The van der Waals surface area contributed by atoms with E-state index in [0.29, 0.717) is 6.42 Å². The zero-order valence-electron chi connectivity index (χ0n) is 15.3. The smallest absolute Gasteiger partial charge is 0.212 e. The van der Waals surface area contributed by atoms with E-state index in [9.17, 15) is 8.42 Å². The molecule has 0 aromatic heterocycles. The molecule has 0 fully saturated rings. The summed E-state index contributed by atoms with van der Waals surface area (Å²) in [7, 11) is -3.69. The third-order valence-electron chi connectivity index (χ3n) is 4.24. The van der Waals surface area contributed by atoms with Crippen LogP contribution in [0, 0.1) is 0 Å². The zero-order valence-corrected chi connectivity index (χ0v) is 16.1. The molecule has 140 valence electrons. The van der Waals surface area contributed by atoms with E-state index in [-0.39, 0.29) is 0 Å². The lowest BCUT2D eigenvalue weighted by atomic mass is 9.91. The number of hydrogen-bond donors (Lipinski definition) is 0. The van der Waals surface area contributed by atoms with Gasteiger partial charge in [0, 0.05) is 0 Å². The van der Waals surface area contributed by atoms with Gasteiger partial charge in [-0.1, -0.05) is 79.7 Å². The molecule has 0 radical (unpaired) electrons. The van der Waals surface area contributed by atoms with E-state index in [1.165, 1.54) is 0 Å². The van der Waals surface area contributed by atoms with Crippen LogP contribution in [0.15, 0.2) is 78.9 Å². The summed E-state index contributed by atoms with van der Waals surface area (Å²) in [5, 5.41) is 0. The molecule has 1 atom stereocenters. The van der Waals surface area contributed by atoms with Crippen LogP contribution in [0.5, 0.6) is 0 Å². The maximum Gasteiger partial charge on any atom is 0.290 e. The molecule has 3 rings (SSSR count). The topological polar surface area (TPSA) is 52.6 Å². The lowest BCUT2D eigenvalue weighted by Crippen LogP contribution is -2.10. The second kappa shape index (κ2) is 8.48. The summed E-state index contributed by atoms with van der Waals surface area (Å²) in [5.41, 5.74) is 5.10. The Labute approximate surface area is 160 Å². The Morgan fingerprint density at radius 2 is 1.41 bits per heavy atom. The third-order valence-corrected chi connectivity index (χ3v) is 4.57. The van der Waals surface area contributed by atoms with Gasteiger partial charge in [-0.2, -0.15) is 8.42 Å². The normalized spacial score (nSPS) is 12.7. The van der Waals surface area contributed by atoms with Crippen LogP contribution in [0.3, 0.4) is 0 Å². The average molecular weight is 382 g/mol. The molecule has 1 unspecified atom stereocenters. The fraction of sp³-hybridized carbons (Fsp3) is 0.182. The second-order valence-electron chi connectivity index (χ2n) is 6.30. The largest absolute Gasteiger partial charge is 0.290 e. The van der Waals surface area contributed by atoms with Crippen LogP contribution < -0.4 is 0 Å². The van der Waals surface area contributed by atoms with E-state index in [2.05, 4.69) is 22.5 Å². The van der Waals surface area contributed by atoms with Crippen molar-refractivity contribution in [2.24, 2.45) is 0 Å². The molecule has 27 heavy (non-hydrogen) atoms. The molecule has 0 saturated heterocycles. The van der Waals surface area contributed by atoms with Gasteiger partial charge < -0.3 is 0 Å². The molecule has 3 aromatic carbocycles. The van der Waals surface area contributed by atoms with Crippen LogP contribution >= 0.6 is 0 Å². The van der Waals surface area contributed by atoms with Crippen molar-refractivity contribution in [3.8, 4) is 22.3 Å². The molecule has 0 amide bonds. The Balaban J connectivity index is 2.07. The van der Waals surface area contributed by atoms with Crippen LogP contribution in [0.1, 0.15) is 25.0 Å². The molecular weight excluding hydrogens is 360 g/mol. The third kappa shape index (κ3) is 5.04. The van der Waals surface area contributed by atoms with Gasteiger partial charge in [0.15, 0.2) is 0 Å². The summed E-state index contributed by atoms with van der Waals surface area (Å²) >= 11 is 0. The minimum Gasteiger partial charge on any atom is -0.212 e. The maximum absolute atomic E-state index is 11.3. The molecule has 0 aliphatic heterocycles. The fourth-order valence-corrected chi connectivity index (χ4v) is 3.21. The molecule has 0 heterocycles. The first-order valence-electron chi connectivity index (χ1n) is 8.77. The molecule has 0 aliphatic rings. The van der Waals surface area contributed by atoms with Crippen molar-refractivity contribution in [2.75, 3.05) is 6.26 Å². The Morgan fingerprint density at radius 1 is 0.815 bits per heavy atom. The molecule has 3 aromatic rings. The Kier molecular flexibility index (Phi) is 6.06. The summed E-state index contributed by atoms with van der Waals surface area (Å²) in [4.78, 5) is 5.26. The summed E-state index contributed by atoms with van der Waals surface area (Å²) in [6.45, 7) is 1.93. The van der Waals surface area contributed by atoms with Gasteiger partial charge in [0.1, 0.15) is 6.10 Å². The highest BCUT2D eigenvalue weighted by atomic mass is 32.2. The Hall–Kier alpha value is -2.47. The quantitative estimate of drug-likeness (QED) is 0.407. The predicted molar refractivity (Wildman–Crippen MR) is 107 cm³/mol. The molecule has 0 saturated carbocycles. The molecule has 4 nitrogen and oxygen atoms in total. The lowest BCUT2D eigenvalue weighted by Gasteiger charge is -2.19. The molecule has 0 bridgehead atoms. The first-order valence-corrected chi connectivity index (χ1v) is 10.6. The Bertz CT molecular complexity index is 983. The van der Waals surface area contributed by atoms with Gasteiger partial charge in [0.05, 0.1) is 6.26 Å². The summed E-state index contributed by atoms with van der Waals surface area (Å²) in [5.74, 6) is 0. The zero-order chi connectivity index (χ0) is 19.3. The van der Waals surface area contributed by atoms with Crippen LogP contribution in [0.4, 0.5) is 0 Å². The summed E-state index contributed by atoms with van der Waals surface area (Å²) in [6, 6.07) is 26.2. The molecular formula is C22H22O4S. The van der Waals surface area contributed by atoms with E-state index in [1.807, 2.05) is 67.6 Å². The lowest BCUT2D eigenvalue weighted by molar-refractivity contribution is -0.243. The molecule has 0 spiro atoms. The molecule has 5 heteroatoms. The highest BCUT2D eigenvalue weighted by molar-refractivity contribution is 7.85. The van der Waals surface area contributed by atoms with E-state index >= 15 is 0 Å². The van der Waals surface area contributed by atoms with Crippen molar-refractivity contribution >= 4 is 10.1 Å². The van der Waals surface area contributed by atoms with Gasteiger partial charge >= 0.3 is 0 Å². The van der Waals surface area contributed by atoms with Gasteiger partial charge in [0.2, 0.25) is 0 Å². The molecule has 0 aliphatic carbocycles. The molecule has 0 N–H and O–H groups in total. The monoisotopic (exact) mass is 382 g/mol. The predicted octanol–water partition coefficient (Wildman–Crippen LogP) is 5.38. The van der Waals surface area contributed by atoms with Crippen molar-refractivity contribution < 1.29 is 17.6 Å². The highest BCUT2D eigenvalue weighted by Gasteiger charge is 2.19. The average Bonchev–Trinajstić information content (AvgIpc) is 2.69. The minimum atomic E-state index is -3.69. The standard InChI is InChI=1S/C22H22O4S/c1-3-22(25-26-27(2,23)24)20-15-14-19(17-10-6-4-7-11-17)16-21(20)18-12-8-5-9-13-18/h4-16,22H,3H2,1-2H3. The second-order valence-corrected chi connectivity index (χ2v) is 7.84. The first-order chi connectivity index (χ1) is 13.0. The van der Waals surface area contributed by atoms with Crippen molar-refractivity contribution in [1.29, 1.82) is 0 Å². The van der Waals surface area contributed by atoms with E-state index in [4.69, 9.17) is 4.89 Å². The summed E-state index contributed by atoms with van der Waals surface area (Å²) in [6.07, 6.45) is 1.04. The number of hydrogen-bond acceptors (Lipinski definition) is 4. The van der Waals surface area contributed by atoms with Crippen LogP contribution in [-0.2, 0) is 19.3 Å². The number of benzene rings is 3.